The summed E-state index contributed by atoms with van der Waals surface area (Å²) in [6, 6.07) is 11.4. The summed E-state index contributed by atoms with van der Waals surface area (Å²) < 4.78 is 27.0. The van der Waals surface area contributed by atoms with E-state index >= 15 is 0 Å². The molecule has 1 aromatic heterocycles. The van der Waals surface area contributed by atoms with E-state index in [1.165, 1.54) is 18.2 Å². The number of hydrogen-bond acceptors (Lipinski definition) is 4. The van der Waals surface area contributed by atoms with Crippen molar-refractivity contribution >= 4 is 44.3 Å². The molecule has 0 spiro atoms. The zero-order valence-corrected chi connectivity index (χ0v) is 12.2. The Bertz CT molecular complexity index is 888. The van der Waals surface area contributed by atoms with E-state index in [4.69, 9.17) is 17.3 Å². The summed E-state index contributed by atoms with van der Waals surface area (Å²) in [4.78, 5) is 6.99. The number of sulfonamides is 1. The van der Waals surface area contributed by atoms with Gasteiger partial charge in [-0.3, -0.25) is 0 Å². The minimum absolute atomic E-state index is 0.0487. The van der Waals surface area contributed by atoms with Crippen LogP contribution in [0.15, 0.2) is 47.4 Å². The molecule has 21 heavy (non-hydrogen) atoms. The standard InChI is InChI=1S/C13H11ClN4O2S/c14-8-5-6-12(9(15)7-8)21(19,20)18-13-16-10-3-1-2-4-11(10)17-13/h1-7H,15H2,(H2,16,17,18). The van der Waals surface area contributed by atoms with Gasteiger partial charge in [0.15, 0.2) is 0 Å². The van der Waals surface area contributed by atoms with Crippen LogP contribution in [0.5, 0.6) is 0 Å². The van der Waals surface area contributed by atoms with Gasteiger partial charge >= 0.3 is 0 Å². The van der Waals surface area contributed by atoms with E-state index in [2.05, 4.69) is 14.7 Å². The van der Waals surface area contributed by atoms with Gasteiger partial charge in [0.1, 0.15) is 4.90 Å². The highest BCUT2D eigenvalue weighted by atomic mass is 35.5. The predicted molar refractivity (Wildman–Crippen MR) is 82.8 cm³/mol. The van der Waals surface area contributed by atoms with Gasteiger partial charge in [0.05, 0.1) is 16.7 Å². The summed E-state index contributed by atoms with van der Waals surface area (Å²) in [5, 5.41) is 0.371. The third-order valence-electron chi connectivity index (χ3n) is 2.88. The van der Waals surface area contributed by atoms with Crippen molar-refractivity contribution in [3.8, 4) is 0 Å². The highest BCUT2D eigenvalue weighted by Gasteiger charge is 2.19. The van der Waals surface area contributed by atoms with Gasteiger partial charge in [0.2, 0.25) is 5.95 Å². The van der Waals surface area contributed by atoms with Crippen LogP contribution in [0.2, 0.25) is 5.02 Å². The molecule has 3 aromatic rings. The summed E-state index contributed by atoms with van der Waals surface area (Å²) in [6.45, 7) is 0. The van der Waals surface area contributed by atoms with E-state index in [0.29, 0.717) is 10.5 Å². The van der Waals surface area contributed by atoms with Gasteiger partial charge in [0.25, 0.3) is 10.0 Å². The average molecular weight is 323 g/mol. The van der Waals surface area contributed by atoms with Crippen LogP contribution in [0.25, 0.3) is 11.0 Å². The van der Waals surface area contributed by atoms with Crippen molar-refractivity contribution in [2.45, 2.75) is 4.90 Å². The number of nitrogens with one attached hydrogen (secondary N) is 2. The van der Waals surface area contributed by atoms with E-state index in [1.54, 1.807) is 12.1 Å². The summed E-state index contributed by atoms with van der Waals surface area (Å²) in [6.07, 6.45) is 0. The van der Waals surface area contributed by atoms with Gasteiger partial charge in [-0.15, -0.1) is 0 Å². The minimum Gasteiger partial charge on any atom is -0.398 e. The number of nitrogens with zero attached hydrogens (tertiary/aromatic N) is 1. The molecule has 0 bridgehead atoms. The zero-order valence-electron chi connectivity index (χ0n) is 10.7. The molecule has 1 heterocycles. The van der Waals surface area contributed by atoms with Gasteiger partial charge in [-0.05, 0) is 30.3 Å². The summed E-state index contributed by atoms with van der Waals surface area (Å²) in [5.41, 5.74) is 7.18. The Morgan fingerprint density at radius 2 is 1.95 bits per heavy atom. The van der Waals surface area contributed by atoms with Crippen LogP contribution in [0.4, 0.5) is 11.6 Å². The van der Waals surface area contributed by atoms with Crippen molar-refractivity contribution in [2.75, 3.05) is 10.5 Å². The lowest BCUT2D eigenvalue weighted by Gasteiger charge is -2.08. The van der Waals surface area contributed by atoms with Gasteiger partial charge in [-0.2, -0.15) is 0 Å². The van der Waals surface area contributed by atoms with E-state index in [-0.39, 0.29) is 16.5 Å². The number of rotatable bonds is 3. The fourth-order valence-electron chi connectivity index (χ4n) is 1.95. The molecule has 0 aliphatic rings. The highest BCUT2D eigenvalue weighted by Crippen LogP contribution is 2.24. The van der Waals surface area contributed by atoms with Crippen molar-refractivity contribution in [3.63, 3.8) is 0 Å². The van der Waals surface area contributed by atoms with Crippen LogP contribution in [-0.2, 0) is 10.0 Å². The maximum atomic E-state index is 12.3. The Morgan fingerprint density at radius 3 is 2.67 bits per heavy atom. The number of aromatic amines is 1. The van der Waals surface area contributed by atoms with Crippen molar-refractivity contribution < 1.29 is 8.42 Å². The summed E-state index contributed by atoms with van der Waals surface area (Å²) in [7, 11) is -3.84. The Labute approximate surface area is 126 Å². The topological polar surface area (TPSA) is 101 Å². The van der Waals surface area contributed by atoms with Crippen LogP contribution in [0.1, 0.15) is 0 Å². The molecule has 0 atom stereocenters. The van der Waals surface area contributed by atoms with Gasteiger partial charge in [-0.1, -0.05) is 23.7 Å². The number of imidazole rings is 1. The largest absolute Gasteiger partial charge is 0.398 e. The molecular formula is C13H11ClN4O2S. The van der Waals surface area contributed by atoms with E-state index in [9.17, 15) is 8.42 Å². The maximum absolute atomic E-state index is 12.3. The number of nitrogens with two attached hydrogens (primary N) is 1. The summed E-state index contributed by atoms with van der Waals surface area (Å²) in [5.74, 6) is 0.130. The normalized spacial score (nSPS) is 11.7. The van der Waals surface area contributed by atoms with Crippen molar-refractivity contribution in [1.82, 2.24) is 9.97 Å². The van der Waals surface area contributed by atoms with Crippen molar-refractivity contribution in [1.29, 1.82) is 0 Å². The third kappa shape index (κ3) is 2.65. The van der Waals surface area contributed by atoms with Crippen LogP contribution < -0.4 is 10.5 Å². The number of aromatic nitrogens is 2. The number of H-pyrrole nitrogens is 1. The number of benzene rings is 2. The second-order valence-electron chi connectivity index (χ2n) is 4.39. The molecule has 8 heteroatoms. The lowest BCUT2D eigenvalue weighted by molar-refractivity contribution is 0.601. The highest BCUT2D eigenvalue weighted by molar-refractivity contribution is 7.92. The number of halogens is 1. The minimum atomic E-state index is -3.84. The Balaban J connectivity index is 1.99. The molecule has 3 rings (SSSR count). The zero-order chi connectivity index (χ0) is 15.0. The molecule has 0 aliphatic heterocycles. The van der Waals surface area contributed by atoms with Crippen LogP contribution in [-0.4, -0.2) is 18.4 Å². The summed E-state index contributed by atoms with van der Waals surface area (Å²) >= 11 is 5.77. The molecule has 2 aromatic carbocycles. The lowest BCUT2D eigenvalue weighted by Crippen LogP contribution is -2.15. The first kappa shape index (κ1) is 13.7. The van der Waals surface area contributed by atoms with Crippen LogP contribution in [0.3, 0.4) is 0 Å². The fraction of sp³-hybridized carbons (Fsp3) is 0. The number of nitrogen functional groups attached to an aromatic ring is 1. The predicted octanol–water partition coefficient (Wildman–Crippen LogP) is 2.60. The van der Waals surface area contributed by atoms with Gasteiger partial charge in [-0.25, -0.2) is 18.1 Å². The molecular weight excluding hydrogens is 312 g/mol. The number of fused-ring (bicyclic) bond motifs is 1. The van der Waals surface area contributed by atoms with Crippen LogP contribution in [0, 0.1) is 0 Å². The Hall–Kier alpha value is -2.25. The first-order chi connectivity index (χ1) is 9.95. The maximum Gasteiger partial charge on any atom is 0.266 e. The first-order valence-electron chi connectivity index (χ1n) is 5.98. The number of para-hydroxylation sites is 2. The first-order valence-corrected chi connectivity index (χ1v) is 7.84. The molecule has 4 N–H and O–H groups in total. The van der Waals surface area contributed by atoms with Gasteiger partial charge in [0, 0.05) is 5.02 Å². The molecule has 0 unspecified atom stereocenters. The second kappa shape index (κ2) is 4.94. The molecule has 0 amide bonds. The average Bonchev–Trinajstić information content (AvgIpc) is 2.79. The second-order valence-corrected chi connectivity index (χ2v) is 6.48. The molecule has 0 aliphatic carbocycles. The van der Waals surface area contributed by atoms with E-state index < -0.39 is 10.0 Å². The Kier molecular flexibility index (Phi) is 3.23. The quantitative estimate of drug-likeness (QED) is 0.645. The molecule has 0 fully saturated rings. The van der Waals surface area contributed by atoms with E-state index in [1.807, 2.05) is 12.1 Å². The third-order valence-corrected chi connectivity index (χ3v) is 4.53. The smallest absolute Gasteiger partial charge is 0.266 e. The molecule has 108 valence electrons. The number of anilines is 2. The van der Waals surface area contributed by atoms with Crippen LogP contribution >= 0.6 is 11.6 Å². The lowest BCUT2D eigenvalue weighted by atomic mass is 10.3. The fourth-order valence-corrected chi connectivity index (χ4v) is 3.21. The SMILES string of the molecule is Nc1cc(Cl)ccc1S(=O)(=O)Nc1nc2ccccc2[nH]1. The van der Waals surface area contributed by atoms with Crippen molar-refractivity contribution in [2.24, 2.45) is 0 Å². The molecule has 0 radical (unpaired) electrons. The molecule has 6 nitrogen and oxygen atoms in total. The monoisotopic (exact) mass is 322 g/mol. The molecule has 0 saturated heterocycles. The van der Waals surface area contributed by atoms with E-state index in [0.717, 1.165) is 5.52 Å². The molecule has 0 saturated carbocycles. The Morgan fingerprint density at radius 1 is 1.19 bits per heavy atom. The number of hydrogen-bond donors (Lipinski definition) is 3. The van der Waals surface area contributed by atoms with Gasteiger partial charge < -0.3 is 10.7 Å². The van der Waals surface area contributed by atoms with Crippen molar-refractivity contribution in [3.05, 3.63) is 47.5 Å².